The number of nitrogens with one attached hydrogen (secondary N) is 1. The van der Waals surface area contributed by atoms with Gasteiger partial charge in [-0.25, -0.2) is 8.78 Å². The molecule has 2 rings (SSSR count). The van der Waals surface area contributed by atoms with Gasteiger partial charge in [-0.3, -0.25) is 4.90 Å². The van der Waals surface area contributed by atoms with Gasteiger partial charge in [0, 0.05) is 31.2 Å². The highest BCUT2D eigenvalue weighted by Crippen LogP contribution is 2.38. The van der Waals surface area contributed by atoms with E-state index in [0.717, 1.165) is 0 Å². The second kappa shape index (κ2) is 6.35. The summed E-state index contributed by atoms with van der Waals surface area (Å²) < 4.78 is 28.4. The maximum Gasteiger partial charge on any atom is 0.289 e. The quantitative estimate of drug-likeness (QED) is 0.895. The van der Waals surface area contributed by atoms with E-state index in [1.165, 1.54) is 0 Å². The number of piperazine rings is 1. The molecule has 0 saturated carbocycles. The zero-order valence-electron chi connectivity index (χ0n) is 11.4. The molecule has 0 spiro atoms. The van der Waals surface area contributed by atoms with Crippen LogP contribution in [0.25, 0.3) is 0 Å². The van der Waals surface area contributed by atoms with Crippen LogP contribution in [0.1, 0.15) is 17.2 Å². The maximum atomic E-state index is 14.2. The van der Waals surface area contributed by atoms with Crippen LogP contribution in [0.3, 0.4) is 0 Å². The van der Waals surface area contributed by atoms with Gasteiger partial charge >= 0.3 is 0 Å². The van der Waals surface area contributed by atoms with E-state index in [-0.39, 0.29) is 0 Å². The third kappa shape index (κ3) is 3.28. The number of halogens is 3. The van der Waals surface area contributed by atoms with Crippen molar-refractivity contribution in [1.29, 1.82) is 0 Å². The average Bonchev–Trinajstić information content (AvgIpc) is 2.43. The van der Waals surface area contributed by atoms with Gasteiger partial charge in [-0.05, 0) is 30.2 Å². The third-order valence-electron chi connectivity index (χ3n) is 3.65. The van der Waals surface area contributed by atoms with Gasteiger partial charge < -0.3 is 10.4 Å². The van der Waals surface area contributed by atoms with Crippen molar-refractivity contribution < 1.29 is 13.9 Å². The van der Waals surface area contributed by atoms with Crippen LogP contribution < -0.4 is 5.32 Å². The summed E-state index contributed by atoms with van der Waals surface area (Å²) in [5, 5.41) is 12.8. The molecule has 0 bridgehead atoms. The Morgan fingerprint density at radius 2 is 2.05 bits per heavy atom. The number of hydrogen-bond donors (Lipinski definition) is 2. The lowest BCUT2D eigenvalue weighted by molar-refractivity contribution is -0.118. The minimum atomic E-state index is -3.18. The van der Waals surface area contributed by atoms with Gasteiger partial charge in [0.15, 0.2) is 0 Å². The molecular weight excluding hydrogens is 286 g/mol. The predicted octanol–water partition coefficient (Wildman–Crippen LogP) is 2.22. The van der Waals surface area contributed by atoms with E-state index in [1.807, 2.05) is 0 Å². The van der Waals surface area contributed by atoms with Crippen LogP contribution >= 0.6 is 11.6 Å². The Bertz CT molecular complexity index is 464. The lowest BCUT2D eigenvalue weighted by Crippen LogP contribution is -2.51. The van der Waals surface area contributed by atoms with Crippen LogP contribution in [0.15, 0.2) is 18.2 Å². The smallest absolute Gasteiger partial charge is 0.289 e. The minimum Gasteiger partial charge on any atom is -0.390 e. The van der Waals surface area contributed by atoms with Gasteiger partial charge in [0.05, 0.1) is 0 Å². The maximum absolute atomic E-state index is 14.2. The number of aryl methyl sites for hydroxylation is 1. The minimum absolute atomic E-state index is 0.523. The number of benzene rings is 1. The van der Waals surface area contributed by atoms with Crippen LogP contribution in [0.2, 0.25) is 5.02 Å². The van der Waals surface area contributed by atoms with Crippen LogP contribution in [-0.4, -0.2) is 48.7 Å². The summed E-state index contributed by atoms with van der Waals surface area (Å²) in [7, 11) is 0. The molecule has 1 aromatic carbocycles. The summed E-state index contributed by atoms with van der Waals surface area (Å²) >= 11 is 5.90. The molecule has 2 N–H and O–H groups in total. The molecule has 1 atom stereocenters. The van der Waals surface area contributed by atoms with Crippen LogP contribution in [-0.2, 0) is 0 Å². The fraction of sp³-hybridized carbons (Fsp3) is 0.571. The highest BCUT2D eigenvalue weighted by Gasteiger charge is 2.44. The lowest BCUT2D eigenvalue weighted by Gasteiger charge is -2.39. The molecule has 20 heavy (non-hydrogen) atoms. The molecule has 1 saturated heterocycles. The van der Waals surface area contributed by atoms with E-state index in [1.54, 1.807) is 30.0 Å². The molecule has 1 fully saturated rings. The van der Waals surface area contributed by atoms with E-state index >= 15 is 0 Å². The van der Waals surface area contributed by atoms with Crippen LogP contribution in [0.5, 0.6) is 0 Å². The molecule has 6 heteroatoms. The molecule has 0 aliphatic carbocycles. The van der Waals surface area contributed by atoms with Crippen molar-refractivity contribution in [2.75, 3.05) is 32.8 Å². The largest absolute Gasteiger partial charge is 0.390 e. The SMILES string of the molecule is Cc1cc(Cl)ccc1[C@H](N1CCNCC1)C(F)(F)CO. The average molecular weight is 305 g/mol. The number of nitrogens with zero attached hydrogens (tertiary/aromatic N) is 1. The monoisotopic (exact) mass is 304 g/mol. The van der Waals surface area contributed by atoms with Gasteiger partial charge in [-0.15, -0.1) is 0 Å². The molecule has 3 nitrogen and oxygen atoms in total. The highest BCUT2D eigenvalue weighted by atomic mass is 35.5. The Kier molecular flexibility index (Phi) is 4.96. The molecular formula is C14H19ClF2N2O. The zero-order chi connectivity index (χ0) is 14.8. The van der Waals surface area contributed by atoms with Crippen molar-refractivity contribution in [2.45, 2.75) is 18.9 Å². The van der Waals surface area contributed by atoms with E-state index in [2.05, 4.69) is 5.32 Å². The zero-order valence-corrected chi connectivity index (χ0v) is 12.1. The molecule has 0 radical (unpaired) electrons. The summed E-state index contributed by atoms with van der Waals surface area (Å²) in [6, 6.07) is 3.81. The molecule has 1 aliphatic heterocycles. The van der Waals surface area contributed by atoms with Crippen molar-refractivity contribution in [3.63, 3.8) is 0 Å². The summed E-state index contributed by atoms with van der Waals surface area (Å²) in [5.41, 5.74) is 1.24. The number of hydrogen-bond acceptors (Lipinski definition) is 3. The van der Waals surface area contributed by atoms with Gasteiger partial charge in [0.1, 0.15) is 12.6 Å². The molecule has 1 aromatic rings. The highest BCUT2D eigenvalue weighted by molar-refractivity contribution is 6.30. The molecule has 1 heterocycles. The molecule has 112 valence electrons. The summed E-state index contributed by atoms with van der Waals surface area (Å²) in [6.45, 7) is 3.01. The van der Waals surface area contributed by atoms with E-state index in [0.29, 0.717) is 42.3 Å². The fourth-order valence-electron chi connectivity index (χ4n) is 2.66. The van der Waals surface area contributed by atoms with E-state index in [9.17, 15) is 8.78 Å². The fourth-order valence-corrected chi connectivity index (χ4v) is 2.89. The van der Waals surface area contributed by atoms with Crippen molar-refractivity contribution in [3.05, 3.63) is 34.3 Å². The number of alkyl halides is 2. The first-order chi connectivity index (χ1) is 9.45. The summed E-state index contributed by atoms with van der Waals surface area (Å²) in [5.74, 6) is -3.18. The van der Waals surface area contributed by atoms with Crippen LogP contribution in [0.4, 0.5) is 8.78 Å². The van der Waals surface area contributed by atoms with Crippen molar-refractivity contribution >= 4 is 11.6 Å². The molecule has 0 amide bonds. The van der Waals surface area contributed by atoms with E-state index < -0.39 is 18.6 Å². The summed E-state index contributed by atoms with van der Waals surface area (Å²) in [4.78, 5) is 1.73. The Hall–Kier alpha value is -0.750. The first-order valence-corrected chi connectivity index (χ1v) is 7.03. The Balaban J connectivity index is 2.39. The first kappa shape index (κ1) is 15.6. The topological polar surface area (TPSA) is 35.5 Å². The van der Waals surface area contributed by atoms with E-state index in [4.69, 9.17) is 16.7 Å². The summed E-state index contributed by atoms with van der Waals surface area (Å²) in [6.07, 6.45) is 0. The van der Waals surface area contributed by atoms with Crippen LogP contribution in [0, 0.1) is 6.92 Å². The third-order valence-corrected chi connectivity index (χ3v) is 3.89. The number of aliphatic hydroxyl groups excluding tert-OH is 1. The molecule has 0 unspecified atom stereocenters. The number of aliphatic hydroxyl groups is 1. The van der Waals surface area contributed by atoms with Crippen molar-refractivity contribution in [2.24, 2.45) is 0 Å². The molecule has 1 aliphatic rings. The van der Waals surface area contributed by atoms with Crippen molar-refractivity contribution in [3.8, 4) is 0 Å². The first-order valence-electron chi connectivity index (χ1n) is 6.65. The second-order valence-electron chi connectivity index (χ2n) is 5.11. The predicted molar refractivity (Wildman–Crippen MR) is 75.4 cm³/mol. The number of rotatable bonds is 4. The second-order valence-corrected chi connectivity index (χ2v) is 5.54. The lowest BCUT2D eigenvalue weighted by atomic mass is 9.94. The van der Waals surface area contributed by atoms with Gasteiger partial charge in [0.25, 0.3) is 5.92 Å². The normalized spacial score (nSPS) is 19.1. The Labute approximate surface area is 122 Å². The van der Waals surface area contributed by atoms with Gasteiger partial charge in [-0.1, -0.05) is 17.7 Å². The Morgan fingerprint density at radius 3 is 2.60 bits per heavy atom. The standard InChI is InChI=1S/C14H19ClF2N2O/c1-10-8-11(15)2-3-12(10)13(14(16,17)9-20)19-6-4-18-5-7-19/h2-3,8,13,18,20H,4-7,9H2,1H3/t13-/m0/s1. The van der Waals surface area contributed by atoms with Crippen molar-refractivity contribution in [1.82, 2.24) is 10.2 Å². The van der Waals surface area contributed by atoms with Gasteiger partial charge in [-0.2, -0.15) is 0 Å². The Morgan fingerprint density at radius 1 is 1.40 bits per heavy atom. The van der Waals surface area contributed by atoms with Gasteiger partial charge in [0.2, 0.25) is 0 Å². The molecule has 0 aromatic heterocycles.